The molecule has 2 aromatic carbocycles. The van der Waals surface area contributed by atoms with E-state index in [-0.39, 0.29) is 18.7 Å². The molecule has 1 aromatic heterocycles. The van der Waals surface area contributed by atoms with Crippen molar-refractivity contribution in [3.63, 3.8) is 0 Å². The maximum absolute atomic E-state index is 12.9. The second-order valence-corrected chi connectivity index (χ2v) is 6.92. The van der Waals surface area contributed by atoms with Gasteiger partial charge in [-0.15, -0.1) is 0 Å². The van der Waals surface area contributed by atoms with Gasteiger partial charge >= 0.3 is 6.18 Å². The van der Waals surface area contributed by atoms with Crippen molar-refractivity contribution in [2.24, 2.45) is 5.92 Å². The number of anilines is 2. The van der Waals surface area contributed by atoms with Gasteiger partial charge in [-0.2, -0.15) is 18.3 Å². The zero-order chi connectivity index (χ0) is 21.3. The van der Waals surface area contributed by atoms with Gasteiger partial charge in [0.1, 0.15) is 0 Å². The minimum atomic E-state index is -4.51. The van der Waals surface area contributed by atoms with Crippen LogP contribution >= 0.6 is 0 Å². The standard InChI is InChI=1S/C21H17F3N4O2/c22-21(23,24)15-5-4-8-17(12-15)27-13-14(11-19(27)29)20(30)25-18-9-10-28(26-18)16-6-2-1-3-7-16/h1-10,12,14H,11,13H2,(H,25,26,30). The first-order valence-corrected chi connectivity index (χ1v) is 9.21. The average molecular weight is 414 g/mol. The fourth-order valence-electron chi connectivity index (χ4n) is 3.33. The van der Waals surface area contributed by atoms with Crippen molar-refractivity contribution in [2.45, 2.75) is 12.6 Å². The van der Waals surface area contributed by atoms with Crippen LogP contribution in [0, 0.1) is 5.92 Å². The molecular formula is C21H17F3N4O2. The molecule has 4 rings (SSSR count). The van der Waals surface area contributed by atoms with Gasteiger partial charge in [0.25, 0.3) is 0 Å². The third kappa shape index (κ3) is 4.05. The van der Waals surface area contributed by atoms with Crippen LogP contribution in [0.25, 0.3) is 5.69 Å². The Balaban J connectivity index is 1.44. The Hall–Kier alpha value is -3.62. The summed E-state index contributed by atoms with van der Waals surface area (Å²) < 4.78 is 40.4. The van der Waals surface area contributed by atoms with E-state index in [0.717, 1.165) is 17.8 Å². The van der Waals surface area contributed by atoms with E-state index in [1.165, 1.54) is 17.0 Å². The zero-order valence-electron chi connectivity index (χ0n) is 15.6. The van der Waals surface area contributed by atoms with E-state index in [2.05, 4.69) is 10.4 Å². The van der Waals surface area contributed by atoms with Crippen LogP contribution in [-0.4, -0.2) is 28.1 Å². The first-order chi connectivity index (χ1) is 14.3. The van der Waals surface area contributed by atoms with Crippen molar-refractivity contribution in [3.8, 4) is 5.69 Å². The summed E-state index contributed by atoms with van der Waals surface area (Å²) in [4.78, 5) is 26.1. The quantitative estimate of drug-likeness (QED) is 0.705. The molecule has 1 saturated heterocycles. The highest BCUT2D eigenvalue weighted by Gasteiger charge is 2.37. The van der Waals surface area contributed by atoms with E-state index >= 15 is 0 Å². The molecule has 0 aliphatic carbocycles. The maximum Gasteiger partial charge on any atom is 0.416 e. The molecule has 1 fully saturated rings. The predicted octanol–water partition coefficient (Wildman–Crippen LogP) is 3.88. The largest absolute Gasteiger partial charge is 0.416 e. The number of nitrogens with one attached hydrogen (secondary N) is 1. The molecule has 0 bridgehead atoms. The van der Waals surface area contributed by atoms with Crippen LogP contribution in [0.5, 0.6) is 0 Å². The lowest BCUT2D eigenvalue weighted by Crippen LogP contribution is -2.28. The Labute approximate surface area is 169 Å². The van der Waals surface area contributed by atoms with Crippen LogP contribution in [0.15, 0.2) is 66.9 Å². The molecule has 0 spiro atoms. The molecule has 1 N–H and O–H groups in total. The van der Waals surface area contributed by atoms with E-state index in [1.54, 1.807) is 16.9 Å². The molecule has 0 saturated carbocycles. The molecule has 154 valence electrons. The van der Waals surface area contributed by atoms with E-state index in [4.69, 9.17) is 0 Å². The van der Waals surface area contributed by atoms with Gasteiger partial charge in [-0.25, -0.2) is 4.68 Å². The van der Waals surface area contributed by atoms with Gasteiger partial charge in [-0.3, -0.25) is 9.59 Å². The summed E-state index contributed by atoms with van der Waals surface area (Å²) in [5.41, 5.74) is 0.107. The number of rotatable bonds is 4. The fraction of sp³-hybridized carbons (Fsp3) is 0.190. The number of hydrogen-bond acceptors (Lipinski definition) is 3. The first-order valence-electron chi connectivity index (χ1n) is 9.21. The van der Waals surface area contributed by atoms with Crippen LogP contribution in [0.2, 0.25) is 0 Å². The SMILES string of the molecule is O=C(Nc1ccn(-c2ccccc2)n1)C1CC(=O)N(c2cccc(C(F)(F)F)c2)C1. The molecule has 1 unspecified atom stereocenters. The predicted molar refractivity (Wildman–Crippen MR) is 104 cm³/mol. The molecule has 1 atom stereocenters. The number of hydrogen-bond donors (Lipinski definition) is 1. The molecule has 30 heavy (non-hydrogen) atoms. The Bertz CT molecular complexity index is 1080. The van der Waals surface area contributed by atoms with Crippen molar-refractivity contribution < 1.29 is 22.8 Å². The van der Waals surface area contributed by atoms with Crippen molar-refractivity contribution in [3.05, 3.63) is 72.4 Å². The minimum Gasteiger partial charge on any atom is -0.312 e. The maximum atomic E-state index is 12.9. The number of aromatic nitrogens is 2. The van der Waals surface area contributed by atoms with Crippen molar-refractivity contribution in [1.82, 2.24) is 9.78 Å². The van der Waals surface area contributed by atoms with Gasteiger partial charge in [-0.05, 0) is 30.3 Å². The molecular weight excluding hydrogens is 397 g/mol. The summed E-state index contributed by atoms with van der Waals surface area (Å²) >= 11 is 0. The third-order valence-electron chi connectivity index (χ3n) is 4.84. The molecule has 0 radical (unpaired) electrons. The second kappa shape index (κ2) is 7.66. The Morgan fingerprint density at radius 2 is 1.77 bits per heavy atom. The van der Waals surface area contributed by atoms with Gasteiger partial charge in [-0.1, -0.05) is 24.3 Å². The molecule has 9 heteroatoms. The van der Waals surface area contributed by atoms with Crippen molar-refractivity contribution in [2.75, 3.05) is 16.8 Å². The van der Waals surface area contributed by atoms with Gasteiger partial charge in [0.05, 0.1) is 17.2 Å². The third-order valence-corrected chi connectivity index (χ3v) is 4.84. The summed E-state index contributed by atoms with van der Waals surface area (Å²) in [6, 6.07) is 15.5. The first kappa shape index (κ1) is 19.7. The lowest BCUT2D eigenvalue weighted by atomic mass is 10.1. The van der Waals surface area contributed by atoms with Gasteiger partial charge in [0, 0.05) is 30.9 Å². The number of benzene rings is 2. The molecule has 2 heterocycles. The highest BCUT2D eigenvalue weighted by Crippen LogP contribution is 2.33. The highest BCUT2D eigenvalue weighted by molar-refractivity contribution is 6.03. The lowest BCUT2D eigenvalue weighted by Gasteiger charge is -2.18. The Morgan fingerprint density at radius 1 is 1.03 bits per heavy atom. The van der Waals surface area contributed by atoms with Crippen LogP contribution in [0.1, 0.15) is 12.0 Å². The number of carbonyl (C=O) groups is 2. The Kier molecular flexibility index (Phi) is 5.03. The van der Waals surface area contributed by atoms with E-state index in [0.29, 0.717) is 5.82 Å². The number of halogens is 3. The number of carbonyl (C=O) groups excluding carboxylic acids is 2. The normalized spacial score (nSPS) is 16.7. The number of para-hydroxylation sites is 1. The van der Waals surface area contributed by atoms with Crippen LogP contribution < -0.4 is 10.2 Å². The lowest BCUT2D eigenvalue weighted by molar-refractivity contribution is -0.137. The number of nitrogens with zero attached hydrogens (tertiary/aromatic N) is 3. The Morgan fingerprint density at radius 3 is 2.50 bits per heavy atom. The minimum absolute atomic E-state index is 0.00533. The molecule has 6 nitrogen and oxygen atoms in total. The molecule has 2 amide bonds. The summed E-state index contributed by atoms with van der Waals surface area (Å²) in [7, 11) is 0. The summed E-state index contributed by atoms with van der Waals surface area (Å²) in [6.45, 7) is 0.00533. The van der Waals surface area contributed by atoms with E-state index in [1.807, 2.05) is 30.3 Å². The highest BCUT2D eigenvalue weighted by atomic mass is 19.4. The number of alkyl halides is 3. The molecule has 1 aliphatic heterocycles. The van der Waals surface area contributed by atoms with Crippen molar-refractivity contribution >= 4 is 23.3 Å². The monoisotopic (exact) mass is 414 g/mol. The zero-order valence-corrected chi connectivity index (χ0v) is 15.6. The van der Waals surface area contributed by atoms with Gasteiger partial charge in [0.2, 0.25) is 11.8 Å². The summed E-state index contributed by atoms with van der Waals surface area (Å²) in [6.07, 6.45) is -2.89. The van der Waals surface area contributed by atoms with Crippen LogP contribution in [-0.2, 0) is 15.8 Å². The smallest absolute Gasteiger partial charge is 0.312 e. The summed E-state index contributed by atoms with van der Waals surface area (Å²) in [5, 5.41) is 6.96. The van der Waals surface area contributed by atoms with E-state index in [9.17, 15) is 22.8 Å². The van der Waals surface area contributed by atoms with Crippen molar-refractivity contribution in [1.29, 1.82) is 0 Å². The van der Waals surface area contributed by atoms with E-state index < -0.39 is 29.5 Å². The van der Waals surface area contributed by atoms with Gasteiger partial charge in [0.15, 0.2) is 5.82 Å². The average Bonchev–Trinajstić information content (AvgIpc) is 3.35. The number of amides is 2. The second-order valence-electron chi connectivity index (χ2n) is 6.92. The van der Waals surface area contributed by atoms with Gasteiger partial charge < -0.3 is 10.2 Å². The summed E-state index contributed by atoms with van der Waals surface area (Å²) in [5.74, 6) is -1.16. The van der Waals surface area contributed by atoms with Crippen LogP contribution in [0.4, 0.5) is 24.7 Å². The fourth-order valence-corrected chi connectivity index (χ4v) is 3.33. The molecule has 1 aliphatic rings. The topological polar surface area (TPSA) is 67.2 Å². The molecule has 3 aromatic rings. The van der Waals surface area contributed by atoms with Crippen LogP contribution in [0.3, 0.4) is 0 Å².